The van der Waals surface area contributed by atoms with Gasteiger partial charge in [0, 0.05) is 24.0 Å². The predicted molar refractivity (Wildman–Crippen MR) is 124 cm³/mol. The number of amidine groups is 1. The number of rotatable bonds is 14. The third kappa shape index (κ3) is 7.13. The van der Waals surface area contributed by atoms with Gasteiger partial charge in [0.15, 0.2) is 0 Å². The normalized spacial score (nSPS) is 21.0. The van der Waals surface area contributed by atoms with E-state index in [2.05, 4.69) is 36.2 Å². The van der Waals surface area contributed by atoms with Crippen molar-refractivity contribution in [3.8, 4) is 12.3 Å². The molecule has 0 amide bonds. The third-order valence-electron chi connectivity index (χ3n) is 6.97. The summed E-state index contributed by atoms with van der Waals surface area (Å²) in [5, 5.41) is 11.5. The van der Waals surface area contributed by atoms with E-state index >= 15 is 0 Å². The largest absolute Gasteiger partial charge is 1.00 e. The molecule has 0 aromatic rings. The summed E-state index contributed by atoms with van der Waals surface area (Å²) in [5.41, 5.74) is 1.55. The summed E-state index contributed by atoms with van der Waals surface area (Å²) in [5.74, 6) is 3.95. The first kappa shape index (κ1) is 27.2. The Labute approximate surface area is 196 Å². The zero-order valence-corrected chi connectivity index (χ0v) is 21.4. The van der Waals surface area contributed by atoms with Crippen LogP contribution in [-0.4, -0.2) is 45.8 Å². The SMILES string of the molecule is C#CC[N+]1=C2C(C)=C(C)C(O)(CCCCCCCCCCCCCC)N2CCC1.[Br-]. The molecule has 0 aromatic carbocycles. The van der Waals surface area contributed by atoms with E-state index < -0.39 is 5.72 Å². The van der Waals surface area contributed by atoms with Gasteiger partial charge in [-0.25, -0.2) is 4.90 Å². The standard InChI is InChI=1S/C26H45N2O.BrH/c1-5-7-8-9-10-11-12-13-14-15-16-17-19-26(29)24(4)23(3)25-27(20-6-2)21-18-22-28(25)26;/h2,29H,5,7-22H2,1,3-4H3;1H/q+1;/p-1. The van der Waals surface area contributed by atoms with Crippen molar-refractivity contribution in [3.05, 3.63) is 11.1 Å². The molecule has 2 aliphatic rings. The average molecular weight is 482 g/mol. The van der Waals surface area contributed by atoms with Crippen molar-refractivity contribution in [3.63, 3.8) is 0 Å². The number of unbranched alkanes of at least 4 members (excludes halogenated alkanes) is 11. The molecule has 4 heteroatoms. The van der Waals surface area contributed by atoms with Crippen LogP contribution in [0.15, 0.2) is 11.1 Å². The van der Waals surface area contributed by atoms with Gasteiger partial charge in [0.25, 0.3) is 5.84 Å². The Morgan fingerprint density at radius 3 is 2.03 bits per heavy atom. The molecular weight excluding hydrogens is 436 g/mol. The molecule has 2 heterocycles. The smallest absolute Gasteiger partial charge is 0.278 e. The maximum absolute atomic E-state index is 11.5. The number of nitrogens with zero attached hydrogens (tertiary/aromatic N) is 2. The molecule has 1 atom stereocenters. The number of halogens is 1. The van der Waals surface area contributed by atoms with Crippen LogP contribution in [0.25, 0.3) is 0 Å². The Morgan fingerprint density at radius 1 is 0.967 bits per heavy atom. The van der Waals surface area contributed by atoms with Crippen molar-refractivity contribution in [1.29, 1.82) is 0 Å². The lowest BCUT2D eigenvalue weighted by atomic mass is 9.96. The molecule has 0 fully saturated rings. The maximum atomic E-state index is 11.5. The molecule has 2 aliphatic heterocycles. The highest BCUT2D eigenvalue weighted by molar-refractivity contribution is 5.98. The van der Waals surface area contributed by atoms with Crippen LogP contribution >= 0.6 is 0 Å². The van der Waals surface area contributed by atoms with Crippen molar-refractivity contribution >= 4 is 5.84 Å². The van der Waals surface area contributed by atoms with Crippen LogP contribution in [-0.2, 0) is 0 Å². The fourth-order valence-corrected chi connectivity index (χ4v) is 5.07. The lowest BCUT2D eigenvalue weighted by Crippen LogP contribution is -3.00. The van der Waals surface area contributed by atoms with E-state index in [0.717, 1.165) is 37.9 Å². The van der Waals surface area contributed by atoms with E-state index in [9.17, 15) is 5.11 Å². The van der Waals surface area contributed by atoms with Gasteiger partial charge < -0.3 is 22.1 Å². The number of terminal acetylenes is 1. The summed E-state index contributed by atoms with van der Waals surface area (Å²) >= 11 is 0. The summed E-state index contributed by atoms with van der Waals surface area (Å²) in [6.45, 7) is 9.09. The molecule has 172 valence electrons. The van der Waals surface area contributed by atoms with Crippen LogP contribution in [0.3, 0.4) is 0 Å². The molecule has 0 saturated carbocycles. The zero-order chi connectivity index (χ0) is 21.1. The van der Waals surface area contributed by atoms with E-state index in [1.807, 2.05) is 0 Å². The van der Waals surface area contributed by atoms with Crippen LogP contribution < -0.4 is 17.0 Å². The first-order chi connectivity index (χ1) is 14.1. The molecule has 30 heavy (non-hydrogen) atoms. The van der Waals surface area contributed by atoms with Crippen LogP contribution in [0.4, 0.5) is 0 Å². The lowest BCUT2D eigenvalue weighted by Gasteiger charge is -2.34. The Kier molecular flexibility index (Phi) is 13.0. The molecule has 3 nitrogen and oxygen atoms in total. The lowest BCUT2D eigenvalue weighted by molar-refractivity contribution is -0.527. The van der Waals surface area contributed by atoms with Crippen molar-refractivity contribution in [2.75, 3.05) is 19.6 Å². The molecule has 0 aromatic heterocycles. The summed E-state index contributed by atoms with van der Waals surface area (Å²) in [4.78, 5) is 2.23. The van der Waals surface area contributed by atoms with E-state index in [0.29, 0.717) is 6.54 Å². The van der Waals surface area contributed by atoms with E-state index in [1.165, 1.54) is 82.0 Å². The van der Waals surface area contributed by atoms with Gasteiger partial charge >= 0.3 is 0 Å². The zero-order valence-electron chi connectivity index (χ0n) is 19.8. The molecular formula is C26H45BrN2O. The second-order valence-corrected chi connectivity index (χ2v) is 9.16. The van der Waals surface area contributed by atoms with Crippen LogP contribution in [0.5, 0.6) is 0 Å². The van der Waals surface area contributed by atoms with Gasteiger partial charge in [-0.3, -0.25) is 4.58 Å². The Bertz CT molecular complexity index is 619. The molecule has 0 saturated heterocycles. The van der Waals surface area contributed by atoms with Gasteiger partial charge in [0.2, 0.25) is 5.72 Å². The predicted octanol–water partition coefficient (Wildman–Crippen LogP) is 2.87. The summed E-state index contributed by atoms with van der Waals surface area (Å²) in [6.07, 6.45) is 23.6. The summed E-state index contributed by atoms with van der Waals surface area (Å²) in [7, 11) is 0. The Morgan fingerprint density at radius 2 is 1.50 bits per heavy atom. The minimum Gasteiger partial charge on any atom is -1.00 e. The minimum atomic E-state index is -0.800. The molecule has 0 aliphatic carbocycles. The van der Waals surface area contributed by atoms with Crippen LogP contribution in [0, 0.1) is 12.3 Å². The number of hydrogen-bond donors (Lipinski definition) is 1. The van der Waals surface area contributed by atoms with Gasteiger partial charge in [-0.15, -0.1) is 6.42 Å². The first-order valence-corrected chi connectivity index (χ1v) is 12.3. The van der Waals surface area contributed by atoms with Gasteiger partial charge in [-0.2, -0.15) is 0 Å². The molecule has 0 spiro atoms. The van der Waals surface area contributed by atoms with E-state index in [1.54, 1.807) is 0 Å². The van der Waals surface area contributed by atoms with Gasteiger partial charge in [0.1, 0.15) is 6.54 Å². The van der Waals surface area contributed by atoms with E-state index in [4.69, 9.17) is 6.42 Å². The maximum Gasteiger partial charge on any atom is 0.278 e. The van der Waals surface area contributed by atoms with Crippen LogP contribution in [0.1, 0.15) is 111 Å². The van der Waals surface area contributed by atoms with Crippen molar-refractivity contribution < 1.29 is 26.7 Å². The Balaban J connectivity index is 0.00000450. The number of aliphatic hydroxyl groups is 1. The number of hydrogen-bond acceptors (Lipinski definition) is 2. The highest BCUT2D eigenvalue weighted by atomic mass is 79.9. The van der Waals surface area contributed by atoms with E-state index in [-0.39, 0.29) is 17.0 Å². The van der Waals surface area contributed by atoms with Crippen molar-refractivity contribution in [2.45, 2.75) is 116 Å². The topological polar surface area (TPSA) is 26.5 Å². The number of fused-ring (bicyclic) bond motifs is 1. The highest BCUT2D eigenvalue weighted by Crippen LogP contribution is 2.39. The van der Waals surface area contributed by atoms with Gasteiger partial charge in [0.05, 0.1) is 13.1 Å². The van der Waals surface area contributed by atoms with Crippen LogP contribution in [0.2, 0.25) is 0 Å². The third-order valence-corrected chi connectivity index (χ3v) is 6.97. The van der Waals surface area contributed by atoms with Gasteiger partial charge in [-0.05, 0) is 20.3 Å². The summed E-state index contributed by atoms with van der Waals surface area (Å²) < 4.78 is 2.27. The molecule has 2 rings (SSSR count). The van der Waals surface area contributed by atoms with Gasteiger partial charge in [-0.1, -0.05) is 83.5 Å². The highest BCUT2D eigenvalue weighted by Gasteiger charge is 2.53. The molecule has 0 radical (unpaired) electrons. The Hall–Kier alpha value is -0.790. The monoisotopic (exact) mass is 480 g/mol. The molecule has 1 unspecified atom stereocenters. The quantitative estimate of drug-likeness (QED) is 0.235. The van der Waals surface area contributed by atoms with Crippen molar-refractivity contribution in [1.82, 2.24) is 4.90 Å². The second-order valence-electron chi connectivity index (χ2n) is 9.16. The summed E-state index contributed by atoms with van der Waals surface area (Å²) in [6, 6.07) is 0. The minimum absolute atomic E-state index is 0. The first-order valence-electron chi connectivity index (χ1n) is 12.3. The average Bonchev–Trinajstić information content (AvgIpc) is 2.91. The second kappa shape index (κ2) is 14.3. The molecule has 1 N–H and O–H groups in total. The fraction of sp³-hybridized carbons (Fsp3) is 0.808. The molecule has 0 bridgehead atoms. The van der Waals surface area contributed by atoms with Crippen molar-refractivity contribution in [2.24, 2.45) is 0 Å². The fourth-order valence-electron chi connectivity index (χ4n) is 5.07.